The van der Waals surface area contributed by atoms with Crippen LogP contribution in [0.4, 0.5) is 5.69 Å². The van der Waals surface area contributed by atoms with E-state index in [4.69, 9.17) is 4.74 Å². The first-order valence-electron chi connectivity index (χ1n) is 10.7. The van der Waals surface area contributed by atoms with E-state index in [0.29, 0.717) is 28.1 Å². The van der Waals surface area contributed by atoms with Gasteiger partial charge in [-0.25, -0.2) is 9.78 Å². The van der Waals surface area contributed by atoms with Crippen LogP contribution >= 0.6 is 11.3 Å². The fourth-order valence-electron chi connectivity index (χ4n) is 3.38. The van der Waals surface area contributed by atoms with Crippen molar-refractivity contribution < 1.29 is 14.3 Å². The summed E-state index contributed by atoms with van der Waals surface area (Å²) in [5.41, 5.74) is 2.26. The summed E-state index contributed by atoms with van der Waals surface area (Å²) in [7, 11) is 0. The molecule has 0 atom stereocenters. The van der Waals surface area contributed by atoms with Gasteiger partial charge in [0.25, 0.3) is 5.56 Å². The number of fused-ring (bicyclic) bond motifs is 1. The second kappa shape index (κ2) is 10.2. The summed E-state index contributed by atoms with van der Waals surface area (Å²) in [6.45, 7) is 2.18. The van der Waals surface area contributed by atoms with Crippen molar-refractivity contribution in [2.24, 2.45) is 0 Å². The van der Waals surface area contributed by atoms with Crippen LogP contribution in [0, 0.1) is 0 Å². The lowest BCUT2D eigenvalue weighted by Crippen LogP contribution is -2.27. The van der Waals surface area contributed by atoms with E-state index in [1.54, 1.807) is 24.3 Å². The predicted molar refractivity (Wildman–Crippen MR) is 130 cm³/mol. The lowest BCUT2D eigenvalue weighted by molar-refractivity contribution is -0.116. The highest BCUT2D eigenvalue weighted by Crippen LogP contribution is 2.30. The van der Waals surface area contributed by atoms with Crippen molar-refractivity contribution in [1.29, 1.82) is 0 Å². The molecule has 2 heterocycles. The van der Waals surface area contributed by atoms with E-state index in [9.17, 15) is 14.4 Å². The molecule has 0 aliphatic heterocycles. The monoisotopic (exact) mass is 461 g/mol. The van der Waals surface area contributed by atoms with Crippen molar-refractivity contribution in [3.63, 3.8) is 0 Å². The summed E-state index contributed by atoms with van der Waals surface area (Å²) >= 11 is 1.40. The maximum Gasteiger partial charge on any atom is 0.338 e. The number of anilines is 1. The van der Waals surface area contributed by atoms with Gasteiger partial charge in [-0.15, -0.1) is 11.3 Å². The quantitative estimate of drug-likeness (QED) is 0.303. The first kappa shape index (κ1) is 22.4. The van der Waals surface area contributed by atoms with Gasteiger partial charge in [-0.3, -0.25) is 14.2 Å². The Bertz CT molecular complexity index is 1340. The Morgan fingerprint density at radius 2 is 1.94 bits per heavy atom. The number of nitrogens with one attached hydrogen (secondary N) is 1. The standard InChI is InChI=1S/C25H23N3O4S/c1-2-3-12-32-25(31)18-10-7-11-19(13-18)27-21(29)14-28-16-26-23-22(24(28)30)20(15-33-23)17-8-5-4-6-9-17/h4-11,13,15-16H,2-3,12,14H2,1H3,(H,27,29). The molecule has 7 nitrogen and oxygen atoms in total. The van der Waals surface area contributed by atoms with Gasteiger partial charge in [-0.05, 0) is 30.2 Å². The van der Waals surface area contributed by atoms with Crippen LogP contribution < -0.4 is 10.9 Å². The number of amides is 1. The Morgan fingerprint density at radius 3 is 2.73 bits per heavy atom. The van der Waals surface area contributed by atoms with Crippen molar-refractivity contribution in [1.82, 2.24) is 9.55 Å². The largest absolute Gasteiger partial charge is 0.462 e. The maximum absolute atomic E-state index is 13.1. The van der Waals surface area contributed by atoms with Crippen LogP contribution in [0.2, 0.25) is 0 Å². The fraction of sp³-hybridized carbons (Fsp3) is 0.200. The molecule has 0 bridgehead atoms. The summed E-state index contributed by atoms with van der Waals surface area (Å²) in [6, 6.07) is 16.1. The predicted octanol–water partition coefficient (Wildman–Crippen LogP) is 4.72. The minimum absolute atomic E-state index is 0.197. The van der Waals surface area contributed by atoms with E-state index < -0.39 is 11.9 Å². The van der Waals surface area contributed by atoms with Crippen LogP contribution in [-0.2, 0) is 16.1 Å². The molecule has 2 aromatic heterocycles. The number of esters is 1. The normalized spacial score (nSPS) is 10.8. The van der Waals surface area contributed by atoms with Gasteiger partial charge in [0.2, 0.25) is 5.91 Å². The van der Waals surface area contributed by atoms with Crippen molar-refractivity contribution in [3.05, 3.63) is 82.2 Å². The third kappa shape index (κ3) is 5.18. The Hall–Kier alpha value is -3.78. The van der Waals surface area contributed by atoms with E-state index in [2.05, 4.69) is 10.3 Å². The van der Waals surface area contributed by atoms with E-state index in [0.717, 1.165) is 24.0 Å². The number of unbranched alkanes of at least 4 members (excludes halogenated alkanes) is 1. The molecule has 33 heavy (non-hydrogen) atoms. The van der Waals surface area contributed by atoms with E-state index in [1.807, 2.05) is 42.6 Å². The summed E-state index contributed by atoms with van der Waals surface area (Å²) in [5, 5.41) is 5.14. The average Bonchev–Trinajstić information content (AvgIpc) is 3.27. The molecule has 0 aliphatic rings. The van der Waals surface area contributed by atoms with Gasteiger partial charge >= 0.3 is 5.97 Å². The van der Waals surface area contributed by atoms with Crippen LogP contribution in [0.25, 0.3) is 21.3 Å². The number of hydrogen-bond acceptors (Lipinski definition) is 6. The fourth-order valence-corrected chi connectivity index (χ4v) is 4.29. The maximum atomic E-state index is 13.1. The van der Waals surface area contributed by atoms with Crippen molar-refractivity contribution >= 4 is 39.1 Å². The summed E-state index contributed by atoms with van der Waals surface area (Å²) in [6.07, 6.45) is 3.12. The minimum Gasteiger partial charge on any atom is -0.462 e. The molecule has 0 fully saturated rings. The van der Waals surface area contributed by atoms with E-state index in [1.165, 1.54) is 22.2 Å². The molecule has 168 valence electrons. The Kier molecular flexibility index (Phi) is 6.95. The molecule has 0 unspecified atom stereocenters. The van der Waals surface area contributed by atoms with Crippen LogP contribution in [0.1, 0.15) is 30.1 Å². The smallest absolute Gasteiger partial charge is 0.338 e. The molecule has 4 rings (SSSR count). The molecule has 2 aromatic carbocycles. The lowest BCUT2D eigenvalue weighted by atomic mass is 10.1. The van der Waals surface area contributed by atoms with Crippen LogP contribution in [0.3, 0.4) is 0 Å². The number of ether oxygens (including phenoxy) is 1. The molecule has 4 aromatic rings. The number of rotatable bonds is 8. The first-order chi connectivity index (χ1) is 16.1. The Morgan fingerprint density at radius 1 is 1.12 bits per heavy atom. The molecule has 0 aliphatic carbocycles. The summed E-state index contributed by atoms with van der Waals surface area (Å²) in [5.74, 6) is -0.831. The summed E-state index contributed by atoms with van der Waals surface area (Å²) < 4.78 is 6.51. The molecule has 0 saturated carbocycles. The van der Waals surface area contributed by atoms with E-state index >= 15 is 0 Å². The molecule has 1 amide bonds. The van der Waals surface area contributed by atoms with Gasteiger partial charge in [0.15, 0.2) is 0 Å². The highest BCUT2D eigenvalue weighted by molar-refractivity contribution is 7.17. The molecule has 0 spiro atoms. The average molecular weight is 462 g/mol. The second-order valence-electron chi connectivity index (χ2n) is 7.49. The molecule has 0 saturated heterocycles. The third-order valence-corrected chi connectivity index (χ3v) is 5.96. The van der Waals surface area contributed by atoms with Crippen LogP contribution in [-0.4, -0.2) is 28.0 Å². The number of aromatic nitrogens is 2. The summed E-state index contributed by atoms with van der Waals surface area (Å²) in [4.78, 5) is 42.9. The number of carbonyl (C=O) groups is 2. The molecule has 0 radical (unpaired) electrons. The topological polar surface area (TPSA) is 90.3 Å². The van der Waals surface area contributed by atoms with Crippen molar-refractivity contribution in [2.75, 3.05) is 11.9 Å². The molecular weight excluding hydrogens is 438 g/mol. The molecule has 1 N–H and O–H groups in total. The highest BCUT2D eigenvalue weighted by Gasteiger charge is 2.15. The van der Waals surface area contributed by atoms with E-state index in [-0.39, 0.29) is 12.1 Å². The number of hydrogen-bond donors (Lipinski definition) is 1. The highest BCUT2D eigenvalue weighted by atomic mass is 32.1. The van der Waals surface area contributed by atoms with Gasteiger partial charge in [-0.1, -0.05) is 49.7 Å². The zero-order valence-corrected chi connectivity index (χ0v) is 18.9. The number of thiophene rings is 1. The zero-order valence-electron chi connectivity index (χ0n) is 18.1. The van der Waals surface area contributed by atoms with Crippen molar-refractivity contribution in [2.45, 2.75) is 26.3 Å². The third-order valence-electron chi connectivity index (χ3n) is 5.07. The second-order valence-corrected chi connectivity index (χ2v) is 8.35. The van der Waals surface area contributed by atoms with Crippen LogP contribution in [0.5, 0.6) is 0 Å². The first-order valence-corrected chi connectivity index (χ1v) is 11.5. The van der Waals surface area contributed by atoms with Gasteiger partial charge in [0, 0.05) is 16.6 Å². The van der Waals surface area contributed by atoms with Gasteiger partial charge in [0.1, 0.15) is 11.4 Å². The lowest BCUT2D eigenvalue weighted by Gasteiger charge is -2.09. The van der Waals surface area contributed by atoms with Gasteiger partial charge in [-0.2, -0.15) is 0 Å². The molecule has 8 heteroatoms. The minimum atomic E-state index is -0.434. The van der Waals surface area contributed by atoms with Crippen molar-refractivity contribution in [3.8, 4) is 11.1 Å². The Balaban J connectivity index is 1.51. The van der Waals surface area contributed by atoms with Gasteiger partial charge in [0.05, 0.1) is 23.9 Å². The number of carbonyl (C=O) groups excluding carboxylic acids is 2. The Labute approximate surface area is 194 Å². The number of benzene rings is 2. The SMILES string of the molecule is CCCCOC(=O)c1cccc(NC(=O)Cn2cnc3scc(-c4ccccc4)c3c2=O)c1. The molecular formula is C25H23N3O4S. The number of nitrogens with zero attached hydrogens (tertiary/aromatic N) is 2. The van der Waals surface area contributed by atoms with Crippen LogP contribution in [0.15, 0.2) is 71.1 Å². The van der Waals surface area contributed by atoms with Gasteiger partial charge < -0.3 is 10.1 Å². The zero-order chi connectivity index (χ0) is 23.2.